The summed E-state index contributed by atoms with van der Waals surface area (Å²) in [5.41, 5.74) is -0.765. The highest BCUT2D eigenvalue weighted by atomic mass is 16.5. The molecule has 1 amide bonds. The van der Waals surface area contributed by atoms with Crippen LogP contribution in [0.2, 0.25) is 0 Å². The van der Waals surface area contributed by atoms with E-state index in [4.69, 9.17) is 4.74 Å². The summed E-state index contributed by atoms with van der Waals surface area (Å²) in [5.74, 6) is -0.0757. The Morgan fingerprint density at radius 1 is 1.42 bits per heavy atom. The van der Waals surface area contributed by atoms with Crippen molar-refractivity contribution >= 4 is 5.91 Å². The lowest BCUT2D eigenvalue weighted by atomic mass is 9.87. The Morgan fingerprint density at radius 2 is 2.05 bits per heavy atom. The quantitative estimate of drug-likeness (QED) is 0.820. The van der Waals surface area contributed by atoms with Gasteiger partial charge in [0.1, 0.15) is 5.41 Å². The summed E-state index contributed by atoms with van der Waals surface area (Å²) in [6, 6.07) is 2.32. The zero-order chi connectivity index (χ0) is 13.7. The van der Waals surface area contributed by atoms with Crippen molar-refractivity contribution in [2.24, 2.45) is 5.41 Å². The Bertz CT molecular complexity index is 352. The summed E-state index contributed by atoms with van der Waals surface area (Å²) >= 11 is 0. The molecule has 1 aliphatic heterocycles. The van der Waals surface area contributed by atoms with E-state index in [0.717, 1.165) is 45.7 Å². The van der Waals surface area contributed by atoms with Crippen LogP contribution in [-0.4, -0.2) is 49.7 Å². The van der Waals surface area contributed by atoms with Gasteiger partial charge in [0.25, 0.3) is 0 Å². The monoisotopic (exact) mass is 265 g/mol. The molecule has 0 bridgehead atoms. The molecule has 2 fully saturated rings. The summed E-state index contributed by atoms with van der Waals surface area (Å²) in [4.78, 5) is 14.6. The van der Waals surface area contributed by atoms with Crippen molar-refractivity contribution in [1.29, 1.82) is 5.26 Å². The van der Waals surface area contributed by atoms with E-state index < -0.39 is 5.41 Å². The van der Waals surface area contributed by atoms with Crippen LogP contribution in [0.4, 0.5) is 0 Å². The number of nitrogens with one attached hydrogen (secondary N) is 1. The number of nitriles is 1. The second-order valence-electron chi connectivity index (χ2n) is 5.69. The smallest absolute Gasteiger partial charge is 0.240 e. The lowest BCUT2D eigenvalue weighted by Crippen LogP contribution is -2.49. The van der Waals surface area contributed by atoms with Crippen LogP contribution in [0.5, 0.6) is 0 Å². The van der Waals surface area contributed by atoms with Gasteiger partial charge in [-0.3, -0.25) is 9.69 Å². The second-order valence-corrected chi connectivity index (χ2v) is 5.69. The molecule has 0 aromatic rings. The maximum Gasteiger partial charge on any atom is 0.240 e. The molecule has 2 rings (SSSR count). The number of nitrogens with zero attached hydrogens (tertiary/aromatic N) is 2. The third-order valence-electron chi connectivity index (χ3n) is 4.12. The minimum Gasteiger partial charge on any atom is -0.379 e. The molecule has 1 saturated carbocycles. The highest BCUT2D eigenvalue weighted by molar-refractivity contribution is 5.85. The van der Waals surface area contributed by atoms with E-state index in [-0.39, 0.29) is 11.9 Å². The number of carbonyl (C=O) groups is 1. The third kappa shape index (κ3) is 3.46. The molecule has 0 aromatic carbocycles. The zero-order valence-corrected chi connectivity index (χ0v) is 11.7. The Hall–Kier alpha value is -1.12. The van der Waals surface area contributed by atoms with Crippen LogP contribution in [0.25, 0.3) is 0 Å². The van der Waals surface area contributed by atoms with E-state index in [1.54, 1.807) is 0 Å². The van der Waals surface area contributed by atoms with Gasteiger partial charge in [0.15, 0.2) is 0 Å². The summed E-state index contributed by atoms with van der Waals surface area (Å²) in [5, 5.41) is 12.3. The Balaban J connectivity index is 1.82. The Labute approximate surface area is 114 Å². The van der Waals surface area contributed by atoms with Gasteiger partial charge in [-0.15, -0.1) is 0 Å². The van der Waals surface area contributed by atoms with Crippen molar-refractivity contribution in [3.8, 4) is 6.07 Å². The normalized spacial score (nSPS) is 24.6. The fourth-order valence-corrected chi connectivity index (χ4v) is 2.95. The number of ether oxygens (including phenoxy) is 1. The standard InChI is InChI=1S/C14H23N3O2/c1-12(10-17-6-8-19-9-7-17)16-13(18)14(11-15)4-2-3-5-14/h12H,2-10H2,1H3,(H,16,18). The molecule has 0 aromatic heterocycles. The van der Waals surface area contributed by atoms with Gasteiger partial charge in [-0.05, 0) is 19.8 Å². The van der Waals surface area contributed by atoms with Crippen molar-refractivity contribution in [3.05, 3.63) is 0 Å². The van der Waals surface area contributed by atoms with Crippen molar-refractivity contribution in [2.45, 2.75) is 38.6 Å². The first-order valence-electron chi connectivity index (χ1n) is 7.19. The van der Waals surface area contributed by atoms with Crippen molar-refractivity contribution in [3.63, 3.8) is 0 Å². The van der Waals surface area contributed by atoms with Crippen LogP contribution < -0.4 is 5.32 Å². The van der Waals surface area contributed by atoms with Crippen LogP contribution >= 0.6 is 0 Å². The molecule has 1 heterocycles. The molecule has 5 nitrogen and oxygen atoms in total. The van der Waals surface area contributed by atoms with E-state index in [2.05, 4.69) is 16.3 Å². The number of hydrogen-bond acceptors (Lipinski definition) is 4. The van der Waals surface area contributed by atoms with E-state index in [1.165, 1.54) is 0 Å². The average Bonchev–Trinajstić information content (AvgIpc) is 2.89. The van der Waals surface area contributed by atoms with Crippen LogP contribution in [0.15, 0.2) is 0 Å². The van der Waals surface area contributed by atoms with Gasteiger partial charge in [-0.1, -0.05) is 12.8 Å². The van der Waals surface area contributed by atoms with Crippen molar-refractivity contribution < 1.29 is 9.53 Å². The fourth-order valence-electron chi connectivity index (χ4n) is 2.95. The van der Waals surface area contributed by atoms with E-state index in [0.29, 0.717) is 12.8 Å². The number of hydrogen-bond donors (Lipinski definition) is 1. The minimum atomic E-state index is -0.765. The highest BCUT2D eigenvalue weighted by Crippen LogP contribution is 2.37. The maximum absolute atomic E-state index is 12.3. The number of rotatable bonds is 4. The lowest BCUT2D eigenvalue weighted by Gasteiger charge is -2.30. The minimum absolute atomic E-state index is 0.0757. The van der Waals surface area contributed by atoms with Gasteiger partial charge in [0, 0.05) is 25.7 Å². The van der Waals surface area contributed by atoms with Crippen LogP contribution in [0.3, 0.4) is 0 Å². The molecule has 1 unspecified atom stereocenters. The predicted molar refractivity (Wildman–Crippen MR) is 71.4 cm³/mol. The molecule has 0 radical (unpaired) electrons. The number of carbonyl (C=O) groups excluding carboxylic acids is 1. The van der Waals surface area contributed by atoms with Crippen LogP contribution in [0, 0.1) is 16.7 Å². The van der Waals surface area contributed by atoms with Crippen LogP contribution in [0.1, 0.15) is 32.6 Å². The van der Waals surface area contributed by atoms with Gasteiger partial charge < -0.3 is 10.1 Å². The first-order valence-corrected chi connectivity index (χ1v) is 7.19. The molecule has 1 N–H and O–H groups in total. The SMILES string of the molecule is CC(CN1CCOCC1)NC(=O)C1(C#N)CCCC1. The summed E-state index contributed by atoms with van der Waals surface area (Å²) < 4.78 is 5.31. The molecule has 2 aliphatic rings. The topological polar surface area (TPSA) is 65.4 Å². The zero-order valence-electron chi connectivity index (χ0n) is 11.7. The van der Waals surface area contributed by atoms with Gasteiger partial charge >= 0.3 is 0 Å². The Morgan fingerprint density at radius 3 is 2.63 bits per heavy atom. The summed E-state index contributed by atoms with van der Waals surface area (Å²) in [6.45, 7) is 6.21. The van der Waals surface area contributed by atoms with E-state index >= 15 is 0 Å². The van der Waals surface area contributed by atoms with E-state index in [1.807, 2.05) is 6.92 Å². The maximum atomic E-state index is 12.3. The molecule has 1 atom stereocenters. The molecule has 5 heteroatoms. The first kappa shape index (κ1) is 14.3. The Kier molecular flexibility index (Phi) is 4.78. The van der Waals surface area contributed by atoms with Crippen LogP contribution in [-0.2, 0) is 9.53 Å². The van der Waals surface area contributed by atoms with Gasteiger partial charge in [0.2, 0.25) is 5.91 Å². The van der Waals surface area contributed by atoms with Gasteiger partial charge in [0.05, 0.1) is 19.3 Å². The number of morpholine rings is 1. The fraction of sp³-hybridized carbons (Fsp3) is 0.857. The second kappa shape index (κ2) is 6.36. The largest absolute Gasteiger partial charge is 0.379 e. The molecule has 19 heavy (non-hydrogen) atoms. The average molecular weight is 265 g/mol. The lowest BCUT2D eigenvalue weighted by molar-refractivity contribution is -0.128. The molecule has 1 aliphatic carbocycles. The van der Waals surface area contributed by atoms with E-state index in [9.17, 15) is 10.1 Å². The van der Waals surface area contributed by atoms with Gasteiger partial charge in [-0.25, -0.2) is 0 Å². The summed E-state index contributed by atoms with van der Waals surface area (Å²) in [7, 11) is 0. The van der Waals surface area contributed by atoms with Crippen molar-refractivity contribution in [2.75, 3.05) is 32.8 Å². The highest BCUT2D eigenvalue weighted by Gasteiger charge is 2.41. The molecular weight excluding hydrogens is 242 g/mol. The van der Waals surface area contributed by atoms with Crippen molar-refractivity contribution in [1.82, 2.24) is 10.2 Å². The molecule has 106 valence electrons. The summed E-state index contributed by atoms with van der Waals surface area (Å²) in [6.07, 6.45) is 3.39. The predicted octanol–water partition coefficient (Wildman–Crippen LogP) is 0.907. The molecular formula is C14H23N3O2. The first-order chi connectivity index (χ1) is 9.16. The molecule has 0 spiro atoms. The molecule has 1 saturated heterocycles. The third-order valence-corrected chi connectivity index (χ3v) is 4.12. The van der Waals surface area contributed by atoms with Gasteiger partial charge in [-0.2, -0.15) is 5.26 Å². The number of amides is 1.